The largest absolute Gasteiger partial charge is 0.452 e. The Morgan fingerprint density at radius 2 is 1.05 bits per heavy atom. The first-order valence-electron chi connectivity index (χ1n) is 20.2. The van der Waals surface area contributed by atoms with Gasteiger partial charge in [-0.05, 0) is 117 Å². The zero-order valence-corrected chi connectivity index (χ0v) is 39.6. The Kier molecular flexibility index (Phi) is 18.9. The molecule has 4 aromatic rings. The summed E-state index contributed by atoms with van der Waals surface area (Å²) in [6.45, 7) is 8.56. The van der Waals surface area contributed by atoms with Crippen molar-refractivity contribution in [3.8, 4) is 0 Å². The molecule has 63 heavy (non-hydrogen) atoms. The summed E-state index contributed by atoms with van der Waals surface area (Å²) in [5, 5.41) is 20.0. The molecule has 0 aromatic heterocycles. The molecule has 0 spiro atoms. The van der Waals surface area contributed by atoms with E-state index in [0.29, 0.717) is 73.8 Å². The number of carbonyl (C=O) groups excluding carboxylic acids is 5. The lowest BCUT2D eigenvalue weighted by molar-refractivity contribution is 0.0735. The summed E-state index contributed by atoms with van der Waals surface area (Å²) in [7, 11) is 0. The number of amides is 4. The molecular formula is C45H50Cl4N6O6S2. The van der Waals surface area contributed by atoms with Crippen molar-refractivity contribution in [1.29, 1.82) is 0 Å². The zero-order chi connectivity index (χ0) is 45.7. The van der Waals surface area contributed by atoms with Crippen LogP contribution in [0.5, 0.6) is 0 Å². The van der Waals surface area contributed by atoms with Crippen LogP contribution in [0.4, 0.5) is 4.79 Å². The van der Waals surface area contributed by atoms with Crippen molar-refractivity contribution in [3.63, 3.8) is 0 Å². The van der Waals surface area contributed by atoms with E-state index in [4.69, 9.17) is 51.1 Å². The maximum Gasteiger partial charge on any atom is 0.368 e. The van der Waals surface area contributed by atoms with E-state index in [0.717, 1.165) is 30.5 Å². The van der Waals surface area contributed by atoms with Gasteiger partial charge in [0, 0.05) is 84.1 Å². The number of rotatable bonds is 13. The molecule has 6 N–H and O–H groups in total. The van der Waals surface area contributed by atoms with E-state index in [1.807, 2.05) is 20.8 Å². The molecule has 4 atom stereocenters. The van der Waals surface area contributed by atoms with Crippen LogP contribution in [0.25, 0.3) is 0 Å². The molecular weight excluding hydrogens is 926 g/mol. The van der Waals surface area contributed by atoms with Gasteiger partial charge in [-0.15, -0.1) is 0 Å². The van der Waals surface area contributed by atoms with Crippen LogP contribution in [0.15, 0.2) is 84.9 Å². The van der Waals surface area contributed by atoms with Crippen molar-refractivity contribution in [1.82, 2.24) is 31.9 Å². The average Bonchev–Trinajstić information content (AvgIpc) is 3.89. The molecule has 2 heterocycles. The number of hydrogen-bond donors (Lipinski definition) is 7. The summed E-state index contributed by atoms with van der Waals surface area (Å²) in [4.78, 5) is 62.1. The van der Waals surface area contributed by atoms with Gasteiger partial charge in [-0.1, -0.05) is 70.7 Å². The molecule has 2 saturated heterocycles. The summed E-state index contributed by atoms with van der Waals surface area (Å²) >= 11 is 29.4. The molecule has 2 aliphatic rings. The van der Waals surface area contributed by atoms with Crippen LogP contribution in [0, 0.1) is 0 Å². The second-order valence-corrected chi connectivity index (χ2v) is 19.6. The van der Waals surface area contributed by atoms with E-state index >= 15 is 0 Å². The summed E-state index contributed by atoms with van der Waals surface area (Å²) in [6, 6.07) is 23.8. The van der Waals surface area contributed by atoms with Gasteiger partial charge < -0.3 is 36.6 Å². The summed E-state index contributed by atoms with van der Waals surface area (Å²) in [6.07, 6.45) is 1.65. The van der Waals surface area contributed by atoms with Gasteiger partial charge in [0.1, 0.15) is 5.60 Å². The third-order valence-corrected chi connectivity index (χ3v) is 12.5. The molecule has 6 rings (SSSR count). The number of thioether (sulfide) groups is 1. The molecule has 0 unspecified atom stereocenters. The highest BCUT2D eigenvalue weighted by Gasteiger charge is 2.29. The molecule has 2 fully saturated rings. The van der Waals surface area contributed by atoms with Crippen LogP contribution in [0.2, 0.25) is 20.1 Å². The first-order chi connectivity index (χ1) is 29.9. The number of hydrogen-bond acceptors (Lipinski definition) is 10. The van der Waals surface area contributed by atoms with Gasteiger partial charge in [0.05, 0.1) is 20.1 Å². The van der Waals surface area contributed by atoms with Crippen molar-refractivity contribution < 1.29 is 28.7 Å². The third-order valence-electron chi connectivity index (χ3n) is 9.70. The van der Waals surface area contributed by atoms with E-state index in [1.165, 1.54) is 11.8 Å². The fraction of sp³-hybridized carbons (Fsp3) is 0.356. The Balaban J connectivity index is 0.000000243. The van der Waals surface area contributed by atoms with Gasteiger partial charge in [0.2, 0.25) is 0 Å². The molecule has 0 aliphatic carbocycles. The van der Waals surface area contributed by atoms with Crippen LogP contribution in [0.1, 0.15) is 86.2 Å². The molecule has 4 amide bonds. The third kappa shape index (κ3) is 16.5. The van der Waals surface area contributed by atoms with Gasteiger partial charge in [-0.25, -0.2) is 4.79 Å². The first-order valence-corrected chi connectivity index (χ1v) is 23.1. The fourth-order valence-corrected chi connectivity index (χ4v) is 8.58. The Morgan fingerprint density at radius 1 is 0.619 bits per heavy atom. The molecule has 4 aromatic carbocycles. The van der Waals surface area contributed by atoms with Crippen molar-refractivity contribution in [2.24, 2.45) is 0 Å². The standard InChI is InChI=1S/C25H29Cl2N3O4S.C20H21Cl2N3O2S/c1-25(2,3)34-24(33)35-19-11-18(28-14-19)13-30-23(32)17-6-4-5-16(10-17)22(31)29-12-15-7-8-20(26)21(27)9-15;21-17-5-4-12(6-18(17)22)9-24-19(26)13-2-1-3-14(7-13)20(27)25-10-15-8-16(28)11-23-15/h4-10,18-19,28H,11-14H2,1-3H3,(H,29,31)(H,30,32);1-7,15-16,23,28H,8-11H2,(H,24,26)(H,25,27)/t18-,19-;15-,16-/m00/s1. The van der Waals surface area contributed by atoms with Crippen molar-refractivity contribution in [2.75, 3.05) is 26.2 Å². The molecule has 0 bridgehead atoms. The predicted molar refractivity (Wildman–Crippen MR) is 256 cm³/mol. The lowest BCUT2D eigenvalue weighted by atomic mass is 10.1. The van der Waals surface area contributed by atoms with Crippen LogP contribution in [-0.2, 0) is 17.8 Å². The Morgan fingerprint density at radius 3 is 1.46 bits per heavy atom. The second-order valence-electron chi connectivity index (χ2n) is 16.0. The van der Waals surface area contributed by atoms with Gasteiger partial charge in [0.15, 0.2) is 0 Å². The number of ether oxygens (including phenoxy) is 1. The summed E-state index contributed by atoms with van der Waals surface area (Å²) < 4.78 is 5.36. The van der Waals surface area contributed by atoms with Crippen LogP contribution in [0.3, 0.4) is 0 Å². The molecule has 18 heteroatoms. The number of halogens is 4. The topological polar surface area (TPSA) is 167 Å². The summed E-state index contributed by atoms with van der Waals surface area (Å²) in [5.74, 6) is -1.04. The van der Waals surface area contributed by atoms with Crippen molar-refractivity contribution in [2.45, 2.75) is 74.9 Å². The smallest absolute Gasteiger partial charge is 0.368 e. The minimum Gasteiger partial charge on any atom is -0.452 e. The second kappa shape index (κ2) is 23.8. The van der Waals surface area contributed by atoms with Gasteiger partial charge in [-0.3, -0.25) is 19.2 Å². The van der Waals surface area contributed by atoms with Gasteiger partial charge >= 0.3 is 5.30 Å². The normalized spacial score (nSPS) is 18.1. The minimum atomic E-state index is -0.515. The van der Waals surface area contributed by atoms with E-state index in [1.54, 1.807) is 84.9 Å². The quantitative estimate of drug-likeness (QED) is 0.0515. The van der Waals surface area contributed by atoms with Crippen molar-refractivity contribution >= 4 is 99.7 Å². The zero-order valence-electron chi connectivity index (χ0n) is 34.9. The number of carbonyl (C=O) groups is 5. The van der Waals surface area contributed by atoms with E-state index in [-0.39, 0.29) is 52.8 Å². The van der Waals surface area contributed by atoms with E-state index in [2.05, 4.69) is 44.5 Å². The van der Waals surface area contributed by atoms with E-state index < -0.39 is 5.60 Å². The average molecular weight is 977 g/mol. The Hall–Kier alpha value is -3.99. The Bertz CT molecular complexity index is 2280. The highest BCUT2D eigenvalue weighted by molar-refractivity contribution is 8.13. The monoisotopic (exact) mass is 974 g/mol. The first kappa shape index (κ1) is 50.0. The fourth-order valence-electron chi connectivity index (χ4n) is 6.50. The highest BCUT2D eigenvalue weighted by atomic mass is 35.5. The number of nitrogens with one attached hydrogen (secondary N) is 6. The molecule has 12 nitrogen and oxygen atoms in total. The summed E-state index contributed by atoms with van der Waals surface area (Å²) in [5.41, 5.74) is 2.77. The molecule has 0 radical (unpaired) electrons. The van der Waals surface area contributed by atoms with Crippen molar-refractivity contribution in [3.05, 3.63) is 138 Å². The lowest BCUT2D eigenvalue weighted by Crippen LogP contribution is -2.37. The number of benzene rings is 4. The molecule has 336 valence electrons. The maximum absolute atomic E-state index is 12.7. The van der Waals surface area contributed by atoms with E-state index in [9.17, 15) is 24.0 Å². The predicted octanol–water partition coefficient (Wildman–Crippen LogP) is 8.37. The van der Waals surface area contributed by atoms with Crippen LogP contribution >= 0.6 is 70.8 Å². The highest BCUT2D eigenvalue weighted by Crippen LogP contribution is 2.26. The SMILES string of the molecule is CC(C)(C)OC(=O)S[C@@H]1CN[C@H](CNC(=O)c2cccc(C(=O)NCc3ccc(Cl)c(Cl)c3)c2)C1.O=C(NCc1ccc(Cl)c(Cl)c1)c1cccc(C(=O)NC[C@@H]2C[C@H](S)CN2)c1. The number of thiol groups is 1. The maximum atomic E-state index is 12.7. The Labute approximate surface area is 397 Å². The molecule has 0 saturated carbocycles. The van der Waals surface area contributed by atoms with Gasteiger partial charge in [0.25, 0.3) is 23.6 Å². The lowest BCUT2D eigenvalue weighted by Gasteiger charge is -2.20. The van der Waals surface area contributed by atoms with Gasteiger partial charge in [-0.2, -0.15) is 12.6 Å². The molecule has 2 aliphatic heterocycles. The van der Waals surface area contributed by atoms with Crippen LogP contribution in [-0.4, -0.2) is 83.3 Å². The van der Waals surface area contributed by atoms with Crippen LogP contribution < -0.4 is 31.9 Å². The minimum absolute atomic E-state index is 0.0524.